The summed E-state index contributed by atoms with van der Waals surface area (Å²) >= 11 is 0. The normalized spacial score (nSPS) is 11.9. The SMILES string of the molecule is CCCn1cc(CNc2ccn(C(C)CC)n2)cn1.Cl. The average Bonchev–Trinajstić information content (AvgIpc) is 3.05. The first-order chi connectivity index (χ1) is 9.22. The minimum atomic E-state index is 0. The summed E-state index contributed by atoms with van der Waals surface area (Å²) in [5, 5.41) is 12.2. The van der Waals surface area contributed by atoms with Crippen LogP contribution in [0.25, 0.3) is 0 Å². The van der Waals surface area contributed by atoms with Crippen LogP contribution in [0.15, 0.2) is 24.7 Å². The van der Waals surface area contributed by atoms with E-state index in [9.17, 15) is 0 Å². The van der Waals surface area contributed by atoms with Crippen LogP contribution in [0.5, 0.6) is 0 Å². The molecule has 0 saturated heterocycles. The standard InChI is InChI=1S/C14H23N5.ClH/c1-4-7-18-11-13(10-16-18)9-15-14-6-8-19(17-14)12(3)5-2;/h6,8,10-12H,4-5,7,9H2,1-3H3,(H,15,17);1H. The van der Waals surface area contributed by atoms with Crippen LogP contribution >= 0.6 is 12.4 Å². The Bertz CT molecular complexity index is 505. The highest BCUT2D eigenvalue weighted by atomic mass is 35.5. The summed E-state index contributed by atoms with van der Waals surface area (Å²) in [5.41, 5.74) is 1.19. The monoisotopic (exact) mass is 297 g/mol. The summed E-state index contributed by atoms with van der Waals surface area (Å²) in [6, 6.07) is 2.46. The molecule has 0 amide bonds. The number of hydrogen-bond acceptors (Lipinski definition) is 3. The summed E-state index contributed by atoms with van der Waals surface area (Å²) in [6.07, 6.45) is 8.21. The molecular formula is C14H24ClN5. The van der Waals surface area contributed by atoms with E-state index < -0.39 is 0 Å². The maximum Gasteiger partial charge on any atom is 0.148 e. The molecule has 0 radical (unpaired) electrons. The average molecular weight is 298 g/mol. The van der Waals surface area contributed by atoms with E-state index in [0.29, 0.717) is 6.04 Å². The molecule has 0 aliphatic rings. The molecule has 0 bridgehead atoms. The van der Waals surface area contributed by atoms with Crippen LogP contribution in [0.4, 0.5) is 5.82 Å². The van der Waals surface area contributed by atoms with Crippen LogP contribution in [0.1, 0.15) is 45.2 Å². The Morgan fingerprint density at radius 3 is 2.85 bits per heavy atom. The van der Waals surface area contributed by atoms with Crippen molar-refractivity contribution in [3.8, 4) is 0 Å². The quantitative estimate of drug-likeness (QED) is 0.851. The molecule has 0 aliphatic carbocycles. The second kappa shape index (κ2) is 7.94. The number of rotatable bonds is 7. The van der Waals surface area contributed by atoms with Gasteiger partial charge in [0.15, 0.2) is 0 Å². The van der Waals surface area contributed by atoms with Gasteiger partial charge in [-0.1, -0.05) is 13.8 Å². The van der Waals surface area contributed by atoms with Gasteiger partial charge < -0.3 is 5.32 Å². The van der Waals surface area contributed by atoms with Crippen LogP contribution in [0.2, 0.25) is 0 Å². The van der Waals surface area contributed by atoms with Crippen molar-refractivity contribution in [2.75, 3.05) is 5.32 Å². The smallest absolute Gasteiger partial charge is 0.148 e. The number of aromatic nitrogens is 4. The van der Waals surface area contributed by atoms with E-state index in [0.717, 1.165) is 31.7 Å². The molecule has 6 heteroatoms. The van der Waals surface area contributed by atoms with E-state index in [1.807, 2.05) is 27.8 Å². The van der Waals surface area contributed by atoms with E-state index in [1.165, 1.54) is 5.56 Å². The molecule has 2 rings (SSSR count). The molecule has 5 nitrogen and oxygen atoms in total. The van der Waals surface area contributed by atoms with E-state index in [4.69, 9.17) is 0 Å². The van der Waals surface area contributed by atoms with E-state index in [2.05, 4.69) is 42.5 Å². The van der Waals surface area contributed by atoms with Crippen molar-refractivity contribution in [2.24, 2.45) is 0 Å². The van der Waals surface area contributed by atoms with E-state index in [1.54, 1.807) is 0 Å². The van der Waals surface area contributed by atoms with Gasteiger partial charge in [-0.3, -0.25) is 9.36 Å². The minimum absolute atomic E-state index is 0. The first-order valence-corrected chi connectivity index (χ1v) is 7.03. The molecule has 0 spiro atoms. The maximum absolute atomic E-state index is 4.52. The third-order valence-corrected chi connectivity index (χ3v) is 3.26. The molecule has 1 atom stereocenters. The third kappa shape index (κ3) is 4.27. The van der Waals surface area contributed by atoms with Crippen molar-refractivity contribution in [1.29, 1.82) is 0 Å². The fourth-order valence-corrected chi connectivity index (χ4v) is 1.91. The summed E-state index contributed by atoms with van der Waals surface area (Å²) in [5.74, 6) is 0.920. The Kier molecular flexibility index (Phi) is 6.58. The van der Waals surface area contributed by atoms with Crippen molar-refractivity contribution in [3.05, 3.63) is 30.2 Å². The van der Waals surface area contributed by atoms with Gasteiger partial charge in [0.25, 0.3) is 0 Å². The molecule has 20 heavy (non-hydrogen) atoms. The van der Waals surface area contributed by atoms with Crippen molar-refractivity contribution in [1.82, 2.24) is 19.6 Å². The van der Waals surface area contributed by atoms with Crippen LogP contribution < -0.4 is 5.32 Å². The molecule has 0 aliphatic heterocycles. The van der Waals surface area contributed by atoms with Gasteiger partial charge in [0, 0.05) is 43.2 Å². The molecule has 2 heterocycles. The Labute approximate surface area is 126 Å². The second-order valence-corrected chi connectivity index (χ2v) is 4.90. The molecule has 112 valence electrons. The Morgan fingerprint density at radius 1 is 1.35 bits per heavy atom. The third-order valence-electron chi connectivity index (χ3n) is 3.26. The number of halogens is 1. The van der Waals surface area contributed by atoms with E-state index >= 15 is 0 Å². The largest absolute Gasteiger partial charge is 0.364 e. The molecule has 2 aromatic heterocycles. The topological polar surface area (TPSA) is 47.7 Å². The van der Waals surface area contributed by atoms with Gasteiger partial charge in [0.2, 0.25) is 0 Å². The highest BCUT2D eigenvalue weighted by Gasteiger charge is 2.04. The molecule has 1 N–H and O–H groups in total. The van der Waals surface area contributed by atoms with Crippen molar-refractivity contribution < 1.29 is 0 Å². The first-order valence-electron chi connectivity index (χ1n) is 7.03. The van der Waals surface area contributed by atoms with Gasteiger partial charge in [0.1, 0.15) is 5.82 Å². The molecule has 0 saturated carbocycles. The van der Waals surface area contributed by atoms with E-state index in [-0.39, 0.29) is 12.4 Å². The summed E-state index contributed by atoms with van der Waals surface area (Å²) in [6.45, 7) is 8.23. The fraction of sp³-hybridized carbons (Fsp3) is 0.571. The second-order valence-electron chi connectivity index (χ2n) is 4.90. The van der Waals surface area contributed by atoms with Crippen molar-refractivity contribution in [3.63, 3.8) is 0 Å². The molecule has 0 fully saturated rings. The highest BCUT2D eigenvalue weighted by Crippen LogP contribution is 2.12. The van der Waals surface area contributed by atoms with Gasteiger partial charge in [0.05, 0.1) is 6.20 Å². The number of hydrogen-bond donors (Lipinski definition) is 1. The maximum atomic E-state index is 4.52. The highest BCUT2D eigenvalue weighted by molar-refractivity contribution is 5.85. The Morgan fingerprint density at radius 2 is 2.15 bits per heavy atom. The van der Waals surface area contributed by atoms with Gasteiger partial charge >= 0.3 is 0 Å². The lowest BCUT2D eigenvalue weighted by atomic mass is 10.3. The fourth-order valence-electron chi connectivity index (χ4n) is 1.91. The zero-order chi connectivity index (χ0) is 13.7. The zero-order valence-electron chi connectivity index (χ0n) is 12.4. The molecule has 2 aromatic rings. The van der Waals surface area contributed by atoms with Crippen LogP contribution in [-0.4, -0.2) is 19.6 Å². The number of nitrogens with zero attached hydrogens (tertiary/aromatic N) is 4. The lowest BCUT2D eigenvalue weighted by molar-refractivity contribution is 0.479. The molecule has 0 aromatic carbocycles. The minimum Gasteiger partial charge on any atom is -0.364 e. The van der Waals surface area contributed by atoms with Crippen LogP contribution in [0.3, 0.4) is 0 Å². The number of aryl methyl sites for hydroxylation is 1. The number of nitrogens with one attached hydrogen (secondary N) is 1. The molecule has 1 unspecified atom stereocenters. The lowest BCUT2D eigenvalue weighted by Gasteiger charge is -2.08. The predicted octanol–water partition coefficient (Wildman–Crippen LogP) is 3.49. The predicted molar refractivity (Wildman–Crippen MR) is 84.3 cm³/mol. The molecular weight excluding hydrogens is 274 g/mol. The van der Waals surface area contributed by atoms with Gasteiger partial charge in [-0.25, -0.2) is 0 Å². The Balaban J connectivity index is 0.00000200. The van der Waals surface area contributed by atoms with Gasteiger partial charge in [-0.2, -0.15) is 10.2 Å². The van der Waals surface area contributed by atoms with Gasteiger partial charge in [-0.05, 0) is 19.8 Å². The Hall–Kier alpha value is -1.49. The first kappa shape index (κ1) is 16.6. The number of anilines is 1. The summed E-state index contributed by atoms with van der Waals surface area (Å²) < 4.78 is 3.98. The van der Waals surface area contributed by atoms with Crippen LogP contribution in [-0.2, 0) is 13.1 Å². The zero-order valence-corrected chi connectivity index (χ0v) is 13.2. The van der Waals surface area contributed by atoms with Crippen molar-refractivity contribution >= 4 is 18.2 Å². The lowest BCUT2D eigenvalue weighted by Crippen LogP contribution is -2.06. The van der Waals surface area contributed by atoms with Crippen molar-refractivity contribution in [2.45, 2.75) is 52.7 Å². The summed E-state index contributed by atoms with van der Waals surface area (Å²) in [4.78, 5) is 0. The summed E-state index contributed by atoms with van der Waals surface area (Å²) in [7, 11) is 0. The van der Waals surface area contributed by atoms with Crippen LogP contribution in [0, 0.1) is 0 Å². The van der Waals surface area contributed by atoms with Gasteiger partial charge in [-0.15, -0.1) is 12.4 Å².